The Hall–Kier alpha value is -1.15. The molecule has 3 rings (SSSR count). The fourth-order valence-corrected chi connectivity index (χ4v) is 6.15. The molecule has 150 valence electrons. The lowest BCUT2D eigenvalue weighted by Crippen LogP contribution is -2.50. The Bertz CT molecular complexity index is 619. The number of aldehydes is 1. The van der Waals surface area contributed by atoms with E-state index in [2.05, 4.69) is 20.4 Å². The predicted molar refractivity (Wildman–Crippen MR) is 111 cm³/mol. The van der Waals surface area contributed by atoms with Gasteiger partial charge in [0.2, 0.25) is 5.13 Å². The van der Waals surface area contributed by atoms with E-state index < -0.39 is 4.75 Å². The van der Waals surface area contributed by atoms with E-state index in [-0.39, 0.29) is 6.03 Å². The van der Waals surface area contributed by atoms with Crippen LogP contribution in [0.5, 0.6) is 0 Å². The van der Waals surface area contributed by atoms with Gasteiger partial charge in [-0.25, -0.2) is 4.79 Å². The van der Waals surface area contributed by atoms with E-state index in [4.69, 9.17) is 0 Å². The lowest BCUT2D eigenvalue weighted by Gasteiger charge is -2.41. The first-order valence-electron chi connectivity index (χ1n) is 10.1. The van der Waals surface area contributed by atoms with E-state index in [1.165, 1.54) is 61.6 Å². The molecule has 0 aliphatic heterocycles. The topological polar surface area (TPSA) is 75.2 Å². The highest BCUT2D eigenvalue weighted by atomic mass is 32.2. The molecule has 1 heterocycles. The van der Waals surface area contributed by atoms with Gasteiger partial charge in [-0.05, 0) is 39.5 Å². The van der Waals surface area contributed by atoms with Crippen molar-refractivity contribution >= 4 is 40.5 Å². The molecule has 0 unspecified atom stereocenters. The van der Waals surface area contributed by atoms with E-state index in [1.807, 2.05) is 13.8 Å². The summed E-state index contributed by atoms with van der Waals surface area (Å²) in [6.07, 6.45) is 12.7. The summed E-state index contributed by atoms with van der Waals surface area (Å²) < 4.78 is 0.154. The molecule has 0 bridgehead atoms. The molecule has 2 aliphatic carbocycles. The van der Waals surface area contributed by atoms with Gasteiger partial charge in [-0.3, -0.25) is 5.32 Å². The van der Waals surface area contributed by atoms with Gasteiger partial charge >= 0.3 is 6.03 Å². The molecule has 0 radical (unpaired) electrons. The van der Waals surface area contributed by atoms with Gasteiger partial charge in [0.15, 0.2) is 4.34 Å². The Kier molecular flexibility index (Phi) is 7.14. The molecule has 1 N–H and O–H groups in total. The van der Waals surface area contributed by atoms with Crippen LogP contribution in [0.3, 0.4) is 0 Å². The molecule has 2 fully saturated rings. The van der Waals surface area contributed by atoms with Crippen LogP contribution in [0.2, 0.25) is 0 Å². The van der Waals surface area contributed by atoms with Crippen LogP contribution in [0.15, 0.2) is 4.34 Å². The first-order valence-corrected chi connectivity index (χ1v) is 11.7. The first-order chi connectivity index (χ1) is 13.0. The molecule has 2 saturated carbocycles. The smallest absolute Gasteiger partial charge is 0.319 e. The molecule has 0 saturated heterocycles. The molecule has 1 aromatic rings. The lowest BCUT2D eigenvalue weighted by atomic mass is 9.89. The summed E-state index contributed by atoms with van der Waals surface area (Å²) in [4.78, 5) is 26.4. The quantitative estimate of drug-likeness (QED) is 0.401. The van der Waals surface area contributed by atoms with Crippen molar-refractivity contribution in [2.45, 2.75) is 99.2 Å². The third-order valence-electron chi connectivity index (χ3n) is 5.43. The highest BCUT2D eigenvalue weighted by Gasteiger charge is 2.33. The fourth-order valence-electron chi connectivity index (χ4n) is 4.05. The number of nitrogens with one attached hydrogen (secondary N) is 1. The number of carbonyl (C=O) groups excluding carboxylic acids is 2. The number of rotatable bonds is 6. The Morgan fingerprint density at radius 3 is 2.15 bits per heavy atom. The number of aromatic nitrogens is 2. The normalized spacial score (nSPS) is 19.6. The van der Waals surface area contributed by atoms with Gasteiger partial charge < -0.3 is 9.69 Å². The van der Waals surface area contributed by atoms with Gasteiger partial charge in [-0.1, -0.05) is 61.6 Å². The molecule has 0 aromatic carbocycles. The lowest BCUT2D eigenvalue weighted by molar-refractivity contribution is -0.109. The Balaban J connectivity index is 1.68. The molecule has 8 heteroatoms. The maximum atomic E-state index is 13.2. The summed E-state index contributed by atoms with van der Waals surface area (Å²) >= 11 is 2.71. The van der Waals surface area contributed by atoms with Crippen LogP contribution >= 0.6 is 23.1 Å². The van der Waals surface area contributed by atoms with Crippen LogP contribution in [-0.2, 0) is 4.79 Å². The molecular weight excluding hydrogens is 380 g/mol. The van der Waals surface area contributed by atoms with E-state index in [0.717, 1.165) is 32.0 Å². The van der Waals surface area contributed by atoms with Crippen molar-refractivity contribution in [2.24, 2.45) is 0 Å². The average Bonchev–Trinajstić information content (AvgIpc) is 3.09. The molecule has 2 amide bonds. The van der Waals surface area contributed by atoms with E-state index in [1.54, 1.807) is 0 Å². The Morgan fingerprint density at radius 2 is 1.63 bits per heavy atom. The summed E-state index contributed by atoms with van der Waals surface area (Å²) in [5, 5.41) is 11.8. The molecular formula is C19H30N4O2S2. The maximum Gasteiger partial charge on any atom is 0.324 e. The van der Waals surface area contributed by atoms with Crippen molar-refractivity contribution in [3.05, 3.63) is 0 Å². The van der Waals surface area contributed by atoms with Crippen LogP contribution in [0.25, 0.3) is 0 Å². The van der Waals surface area contributed by atoms with Crippen molar-refractivity contribution in [3.8, 4) is 0 Å². The second kappa shape index (κ2) is 9.37. The van der Waals surface area contributed by atoms with E-state index in [9.17, 15) is 9.59 Å². The highest BCUT2D eigenvalue weighted by Crippen LogP contribution is 2.35. The van der Waals surface area contributed by atoms with Crippen LogP contribution in [0.4, 0.5) is 9.93 Å². The molecule has 6 nitrogen and oxygen atoms in total. The van der Waals surface area contributed by atoms with Gasteiger partial charge in [0.25, 0.3) is 0 Å². The van der Waals surface area contributed by atoms with Crippen molar-refractivity contribution in [1.82, 2.24) is 15.1 Å². The number of nitrogens with zero attached hydrogens (tertiary/aromatic N) is 3. The number of anilines is 1. The standard InChI is InChI=1S/C19H30N4O2S2/c1-19(2,13-24)27-18-22-21-16(26-18)20-17(25)23(14-9-5-3-6-10-14)15-11-7-4-8-12-15/h13-15H,3-12H2,1-2H3,(H,20,21,25). The van der Waals surface area contributed by atoms with Gasteiger partial charge in [0.05, 0.1) is 4.75 Å². The summed E-state index contributed by atoms with van der Waals surface area (Å²) in [6, 6.07) is 0.659. The minimum Gasteiger partial charge on any atom is -0.319 e. The van der Waals surface area contributed by atoms with Crippen molar-refractivity contribution < 1.29 is 9.59 Å². The molecule has 0 spiro atoms. The third-order valence-corrected chi connectivity index (χ3v) is 7.44. The zero-order valence-electron chi connectivity index (χ0n) is 16.3. The molecule has 2 aliphatic rings. The number of hydrogen-bond acceptors (Lipinski definition) is 6. The fraction of sp³-hybridized carbons (Fsp3) is 0.789. The number of carbonyl (C=O) groups is 2. The van der Waals surface area contributed by atoms with E-state index in [0.29, 0.717) is 21.6 Å². The number of hydrogen-bond donors (Lipinski definition) is 1. The Morgan fingerprint density at radius 1 is 1.07 bits per heavy atom. The Labute approximate surface area is 169 Å². The van der Waals surface area contributed by atoms with Gasteiger partial charge in [-0.15, -0.1) is 10.2 Å². The number of urea groups is 1. The zero-order chi connectivity index (χ0) is 19.3. The maximum absolute atomic E-state index is 13.2. The molecule has 27 heavy (non-hydrogen) atoms. The van der Waals surface area contributed by atoms with Crippen molar-refractivity contribution in [3.63, 3.8) is 0 Å². The van der Waals surface area contributed by atoms with Gasteiger partial charge in [0.1, 0.15) is 6.29 Å². The molecule has 0 atom stereocenters. The van der Waals surface area contributed by atoms with Crippen LogP contribution in [-0.4, -0.2) is 44.2 Å². The summed E-state index contributed by atoms with van der Waals surface area (Å²) in [7, 11) is 0. The molecule has 1 aromatic heterocycles. The van der Waals surface area contributed by atoms with Gasteiger partial charge in [-0.2, -0.15) is 0 Å². The zero-order valence-corrected chi connectivity index (χ0v) is 17.9. The number of thioether (sulfide) groups is 1. The number of amides is 2. The van der Waals surface area contributed by atoms with Crippen LogP contribution < -0.4 is 5.32 Å². The monoisotopic (exact) mass is 410 g/mol. The minimum absolute atomic E-state index is 0.0313. The van der Waals surface area contributed by atoms with Crippen LogP contribution in [0, 0.1) is 0 Å². The van der Waals surface area contributed by atoms with Crippen molar-refractivity contribution in [1.29, 1.82) is 0 Å². The first kappa shape index (κ1) is 20.6. The average molecular weight is 411 g/mol. The largest absolute Gasteiger partial charge is 0.324 e. The highest BCUT2D eigenvalue weighted by molar-refractivity contribution is 8.02. The minimum atomic E-state index is -0.545. The van der Waals surface area contributed by atoms with Crippen LogP contribution in [0.1, 0.15) is 78.1 Å². The van der Waals surface area contributed by atoms with Gasteiger partial charge in [0, 0.05) is 12.1 Å². The summed E-state index contributed by atoms with van der Waals surface area (Å²) in [5.41, 5.74) is 0. The van der Waals surface area contributed by atoms with Crippen molar-refractivity contribution in [2.75, 3.05) is 5.32 Å². The summed E-state index contributed by atoms with van der Waals surface area (Å²) in [5.74, 6) is 0. The second-order valence-corrected chi connectivity index (χ2v) is 11.0. The SMILES string of the molecule is CC(C)(C=O)Sc1nnc(NC(=O)N(C2CCCCC2)C2CCCCC2)s1. The third kappa shape index (κ3) is 5.67. The van der Waals surface area contributed by atoms with E-state index >= 15 is 0 Å². The predicted octanol–water partition coefficient (Wildman–Crippen LogP) is 5.11. The second-order valence-electron chi connectivity index (χ2n) is 8.12. The summed E-state index contributed by atoms with van der Waals surface area (Å²) in [6.45, 7) is 3.69.